The third kappa shape index (κ3) is 3.54. The molecule has 0 amide bonds. The molecule has 0 aliphatic heterocycles. The molecule has 0 aromatic heterocycles. The second-order valence-corrected chi connectivity index (χ2v) is 5.13. The highest BCUT2D eigenvalue weighted by atomic mass is 35.5. The minimum atomic E-state index is -4.97. The van der Waals surface area contributed by atoms with Crippen molar-refractivity contribution >= 4 is 17.3 Å². The normalized spacial score (nSPS) is 20.2. The van der Waals surface area contributed by atoms with Gasteiger partial charge in [0.15, 0.2) is 0 Å². The van der Waals surface area contributed by atoms with E-state index in [0.717, 1.165) is 11.6 Å². The van der Waals surface area contributed by atoms with Crippen molar-refractivity contribution in [3.63, 3.8) is 0 Å². The molecule has 1 unspecified atom stereocenters. The molecule has 0 bridgehead atoms. The van der Waals surface area contributed by atoms with Gasteiger partial charge in [-0.25, -0.2) is 0 Å². The van der Waals surface area contributed by atoms with Gasteiger partial charge in [0.25, 0.3) is 0 Å². The minimum Gasteiger partial charge on any atom is -0.284 e. The van der Waals surface area contributed by atoms with Crippen LogP contribution in [0.2, 0.25) is 0 Å². The molecule has 21 heavy (non-hydrogen) atoms. The first kappa shape index (κ1) is 15.8. The molecule has 0 fully saturated rings. The summed E-state index contributed by atoms with van der Waals surface area (Å²) >= 11 is 5.32. The van der Waals surface area contributed by atoms with Crippen LogP contribution in [-0.4, -0.2) is 16.9 Å². The third-order valence-corrected chi connectivity index (χ3v) is 3.47. The number of benzene rings is 1. The summed E-state index contributed by atoms with van der Waals surface area (Å²) < 4.78 is 38.6. The Labute approximate surface area is 125 Å². The van der Waals surface area contributed by atoms with Crippen molar-refractivity contribution in [3.8, 4) is 0 Å². The van der Waals surface area contributed by atoms with E-state index in [0.29, 0.717) is 0 Å². The summed E-state index contributed by atoms with van der Waals surface area (Å²) in [5.41, 5.74) is 10.2. The number of hydrogen-bond acceptors (Lipinski definition) is 1. The van der Waals surface area contributed by atoms with Crippen LogP contribution in [0.3, 0.4) is 0 Å². The van der Waals surface area contributed by atoms with Crippen molar-refractivity contribution in [2.45, 2.75) is 24.1 Å². The highest BCUT2D eigenvalue weighted by Gasteiger charge is 2.56. The maximum Gasteiger partial charge on any atom is 0.428 e. The molecule has 0 heterocycles. The molecule has 0 N–H and O–H groups in total. The lowest BCUT2D eigenvalue weighted by Gasteiger charge is -2.27. The lowest BCUT2D eigenvalue weighted by Crippen LogP contribution is -2.45. The van der Waals surface area contributed by atoms with E-state index in [9.17, 15) is 18.9 Å². The fraction of sp³-hybridized carbons (Fsp3) is 0.267. The summed E-state index contributed by atoms with van der Waals surface area (Å²) in [5, 5.41) is 0. The number of nitrogens with zero attached hydrogens (tertiary/aromatic N) is 2. The lowest BCUT2D eigenvalue weighted by molar-refractivity contribution is -0.152. The Morgan fingerprint density at radius 2 is 1.86 bits per heavy atom. The van der Waals surface area contributed by atoms with Crippen molar-refractivity contribution < 1.29 is 13.2 Å². The van der Waals surface area contributed by atoms with Gasteiger partial charge in [-0.15, -0.1) is 5.73 Å². The van der Waals surface area contributed by atoms with E-state index in [1.165, 1.54) is 6.08 Å². The maximum atomic E-state index is 12.9. The molecule has 2 rings (SSSR count). The Hall–Kier alpha value is -1.59. The van der Waals surface area contributed by atoms with Crippen molar-refractivity contribution in [3.05, 3.63) is 59.7 Å². The first-order valence-corrected chi connectivity index (χ1v) is 6.63. The van der Waals surface area contributed by atoms with Crippen LogP contribution >= 0.6 is 11.6 Å². The SMILES string of the molecule is [N]C(Cl)(C1=CC=CCC1=NCc1ccccc1)C(F)(F)F. The number of alkyl halides is 4. The van der Waals surface area contributed by atoms with E-state index in [1.54, 1.807) is 6.08 Å². The van der Waals surface area contributed by atoms with E-state index in [4.69, 9.17) is 11.6 Å². The summed E-state index contributed by atoms with van der Waals surface area (Å²) in [6, 6.07) is 9.12. The summed E-state index contributed by atoms with van der Waals surface area (Å²) in [7, 11) is 0. The number of rotatable bonds is 3. The molecular formula is C15H12ClF3N2. The molecule has 1 aromatic carbocycles. The van der Waals surface area contributed by atoms with Crippen molar-refractivity contribution in [1.29, 1.82) is 0 Å². The molecule has 2 nitrogen and oxygen atoms in total. The zero-order valence-electron chi connectivity index (χ0n) is 10.9. The van der Waals surface area contributed by atoms with Crippen LogP contribution in [0.15, 0.2) is 59.1 Å². The molecule has 0 saturated heterocycles. The fourth-order valence-corrected chi connectivity index (χ4v) is 2.10. The number of allylic oxidation sites excluding steroid dienone is 3. The Bertz CT molecular complexity index is 587. The molecule has 1 aromatic rings. The van der Waals surface area contributed by atoms with Gasteiger partial charge < -0.3 is 0 Å². The monoisotopic (exact) mass is 312 g/mol. The van der Waals surface area contributed by atoms with Crippen LogP contribution < -0.4 is 5.73 Å². The lowest BCUT2D eigenvalue weighted by atomic mass is 9.95. The molecule has 0 spiro atoms. The van der Waals surface area contributed by atoms with E-state index in [2.05, 4.69) is 4.99 Å². The largest absolute Gasteiger partial charge is 0.428 e. The van der Waals surface area contributed by atoms with Gasteiger partial charge in [0, 0.05) is 17.7 Å². The van der Waals surface area contributed by atoms with Crippen molar-refractivity contribution in [1.82, 2.24) is 5.73 Å². The molecule has 6 heteroatoms. The predicted molar refractivity (Wildman–Crippen MR) is 76.2 cm³/mol. The van der Waals surface area contributed by atoms with Gasteiger partial charge in [0.1, 0.15) is 0 Å². The van der Waals surface area contributed by atoms with Gasteiger partial charge in [-0.2, -0.15) is 13.2 Å². The number of aliphatic imine (C=N–C) groups is 1. The second kappa shape index (κ2) is 6.03. The zero-order chi connectivity index (χ0) is 15.5. The number of halogens is 4. The van der Waals surface area contributed by atoms with Gasteiger partial charge in [0.05, 0.1) is 6.54 Å². The summed E-state index contributed by atoms with van der Waals surface area (Å²) in [4.78, 5) is 0.744. The second-order valence-electron chi connectivity index (χ2n) is 4.58. The van der Waals surface area contributed by atoms with Crippen LogP contribution in [0.5, 0.6) is 0 Å². The predicted octanol–water partition coefficient (Wildman–Crippen LogP) is 4.08. The minimum absolute atomic E-state index is 0.135. The molecule has 1 aliphatic rings. The van der Waals surface area contributed by atoms with Gasteiger partial charge in [-0.05, 0) is 5.56 Å². The Morgan fingerprint density at radius 1 is 1.19 bits per heavy atom. The van der Waals surface area contributed by atoms with Gasteiger partial charge >= 0.3 is 6.18 Å². The van der Waals surface area contributed by atoms with Gasteiger partial charge in [-0.3, -0.25) is 4.99 Å². The summed E-state index contributed by atoms with van der Waals surface area (Å²) in [6.45, 7) is 0.228. The highest BCUT2D eigenvalue weighted by molar-refractivity contribution is 6.30. The van der Waals surface area contributed by atoms with Crippen LogP contribution in [0.4, 0.5) is 13.2 Å². The van der Waals surface area contributed by atoms with E-state index in [1.807, 2.05) is 30.3 Å². The van der Waals surface area contributed by atoms with Crippen molar-refractivity contribution in [2.24, 2.45) is 4.99 Å². The standard InChI is InChI=1S/C15H12ClF3N2/c16-14(20,15(17,18)19)12-8-4-5-9-13(12)21-10-11-6-2-1-3-7-11/h1-8H,9-10H2. The van der Waals surface area contributed by atoms with Crippen LogP contribution in [0.25, 0.3) is 0 Å². The molecule has 1 atom stereocenters. The Morgan fingerprint density at radius 3 is 2.48 bits per heavy atom. The Kier molecular flexibility index (Phi) is 4.54. The zero-order valence-corrected chi connectivity index (χ0v) is 11.7. The van der Waals surface area contributed by atoms with E-state index in [-0.39, 0.29) is 18.7 Å². The number of hydrogen-bond donors (Lipinski definition) is 0. The first-order valence-electron chi connectivity index (χ1n) is 6.25. The molecule has 1 aliphatic carbocycles. The first-order chi connectivity index (χ1) is 9.82. The van der Waals surface area contributed by atoms with Crippen LogP contribution in [0, 0.1) is 0 Å². The van der Waals surface area contributed by atoms with Gasteiger partial charge in [-0.1, -0.05) is 60.2 Å². The average molecular weight is 313 g/mol. The topological polar surface area (TPSA) is 34.7 Å². The summed E-state index contributed by atoms with van der Waals surface area (Å²) in [5.74, 6) is 0. The molecular weight excluding hydrogens is 301 g/mol. The molecule has 0 saturated carbocycles. The highest BCUT2D eigenvalue weighted by Crippen LogP contribution is 2.40. The van der Waals surface area contributed by atoms with E-state index >= 15 is 0 Å². The maximum absolute atomic E-state index is 12.9. The average Bonchev–Trinajstić information content (AvgIpc) is 2.45. The third-order valence-electron chi connectivity index (χ3n) is 3.05. The Balaban J connectivity index is 2.27. The molecule has 110 valence electrons. The van der Waals surface area contributed by atoms with Crippen molar-refractivity contribution in [2.75, 3.05) is 0 Å². The van der Waals surface area contributed by atoms with Gasteiger partial charge in [0.2, 0.25) is 5.00 Å². The smallest absolute Gasteiger partial charge is 0.284 e. The van der Waals surface area contributed by atoms with E-state index < -0.39 is 16.7 Å². The van der Waals surface area contributed by atoms with Crippen LogP contribution in [-0.2, 0) is 6.54 Å². The molecule has 2 radical (unpaired) electrons. The van der Waals surface area contributed by atoms with Crippen LogP contribution in [0.1, 0.15) is 12.0 Å². The fourth-order valence-electron chi connectivity index (χ4n) is 1.92. The summed E-state index contributed by atoms with van der Waals surface area (Å²) in [6.07, 6.45) is -0.538. The quantitative estimate of drug-likeness (QED) is 0.595.